The molecule has 0 heterocycles. The first-order chi connectivity index (χ1) is 9.11. The van der Waals surface area contributed by atoms with E-state index in [4.69, 9.17) is 9.47 Å². The van der Waals surface area contributed by atoms with Gasteiger partial charge >= 0.3 is 12.1 Å². The number of carbonyl (C=O) groups is 2. The van der Waals surface area contributed by atoms with Gasteiger partial charge in [-0.2, -0.15) is 0 Å². The largest absolute Gasteiger partial charge is 0.449 e. The molecule has 0 aliphatic carbocycles. The molecule has 5 heteroatoms. The Kier molecular flexibility index (Phi) is 6.15. The Morgan fingerprint density at radius 2 is 2.00 bits per heavy atom. The van der Waals surface area contributed by atoms with Gasteiger partial charge < -0.3 is 9.47 Å². The van der Waals surface area contributed by atoms with Crippen molar-refractivity contribution >= 4 is 17.7 Å². The SMILES string of the molecule is C=CCCCOC(=O)Nc1ccc(OC(C)=O)cc1. The van der Waals surface area contributed by atoms with Crippen LogP contribution in [0.25, 0.3) is 0 Å². The average molecular weight is 263 g/mol. The molecule has 0 unspecified atom stereocenters. The molecule has 0 aliphatic heterocycles. The maximum atomic E-state index is 11.4. The van der Waals surface area contributed by atoms with Crippen molar-refractivity contribution in [2.75, 3.05) is 11.9 Å². The van der Waals surface area contributed by atoms with Crippen LogP contribution in [-0.2, 0) is 9.53 Å². The van der Waals surface area contributed by atoms with Gasteiger partial charge in [-0.15, -0.1) is 6.58 Å². The molecule has 1 aromatic rings. The van der Waals surface area contributed by atoms with Gasteiger partial charge in [-0.05, 0) is 37.1 Å². The molecule has 0 aromatic heterocycles. The van der Waals surface area contributed by atoms with Crippen LogP contribution in [-0.4, -0.2) is 18.7 Å². The number of ether oxygens (including phenoxy) is 2. The summed E-state index contributed by atoms with van der Waals surface area (Å²) in [5.74, 6) is 0.0414. The highest BCUT2D eigenvalue weighted by molar-refractivity contribution is 5.84. The quantitative estimate of drug-likeness (QED) is 0.370. The van der Waals surface area contributed by atoms with Gasteiger partial charge in [-0.25, -0.2) is 4.79 Å². The number of benzene rings is 1. The number of amides is 1. The smallest absolute Gasteiger partial charge is 0.411 e. The molecule has 1 aromatic carbocycles. The molecular formula is C14H17NO4. The average Bonchev–Trinajstić information content (AvgIpc) is 2.36. The van der Waals surface area contributed by atoms with Gasteiger partial charge in [0.05, 0.1) is 6.61 Å². The highest BCUT2D eigenvalue weighted by atomic mass is 16.5. The van der Waals surface area contributed by atoms with E-state index < -0.39 is 6.09 Å². The van der Waals surface area contributed by atoms with E-state index in [-0.39, 0.29) is 5.97 Å². The van der Waals surface area contributed by atoms with Gasteiger partial charge in [0.2, 0.25) is 0 Å². The molecule has 0 bridgehead atoms. The van der Waals surface area contributed by atoms with Gasteiger partial charge in [-0.1, -0.05) is 6.08 Å². The monoisotopic (exact) mass is 263 g/mol. The number of carbonyl (C=O) groups excluding carboxylic acids is 2. The van der Waals surface area contributed by atoms with Crippen LogP contribution in [0.15, 0.2) is 36.9 Å². The van der Waals surface area contributed by atoms with E-state index in [0.717, 1.165) is 12.8 Å². The van der Waals surface area contributed by atoms with E-state index in [1.165, 1.54) is 6.92 Å². The maximum Gasteiger partial charge on any atom is 0.411 e. The summed E-state index contributed by atoms with van der Waals surface area (Å²) in [6.07, 6.45) is 2.83. The molecular weight excluding hydrogens is 246 g/mol. The zero-order valence-corrected chi connectivity index (χ0v) is 10.8. The van der Waals surface area contributed by atoms with E-state index >= 15 is 0 Å². The number of esters is 1. The lowest BCUT2D eigenvalue weighted by atomic mass is 10.3. The predicted molar refractivity (Wildman–Crippen MR) is 72.2 cm³/mol. The number of nitrogens with one attached hydrogen (secondary N) is 1. The van der Waals surface area contributed by atoms with E-state index in [2.05, 4.69) is 11.9 Å². The van der Waals surface area contributed by atoms with E-state index in [9.17, 15) is 9.59 Å². The molecule has 0 saturated heterocycles. The van der Waals surface area contributed by atoms with Crippen LogP contribution >= 0.6 is 0 Å². The molecule has 0 fully saturated rings. The number of hydrogen-bond acceptors (Lipinski definition) is 4. The third-order valence-corrected chi connectivity index (χ3v) is 2.15. The second kappa shape index (κ2) is 7.92. The van der Waals surface area contributed by atoms with Crippen molar-refractivity contribution in [2.45, 2.75) is 19.8 Å². The highest BCUT2D eigenvalue weighted by Gasteiger charge is 2.03. The topological polar surface area (TPSA) is 64.6 Å². The van der Waals surface area contributed by atoms with Crippen LogP contribution in [0.1, 0.15) is 19.8 Å². The summed E-state index contributed by atoms with van der Waals surface area (Å²) in [5.41, 5.74) is 0.574. The Labute approximate surface area is 112 Å². The van der Waals surface area contributed by atoms with Gasteiger partial charge in [0.15, 0.2) is 0 Å². The van der Waals surface area contributed by atoms with Crippen molar-refractivity contribution in [1.29, 1.82) is 0 Å². The number of hydrogen-bond donors (Lipinski definition) is 1. The zero-order chi connectivity index (χ0) is 14.1. The Balaban J connectivity index is 2.37. The molecule has 0 aliphatic rings. The summed E-state index contributed by atoms with van der Waals surface area (Å²) in [6, 6.07) is 6.44. The minimum atomic E-state index is -0.510. The molecule has 0 atom stereocenters. The third-order valence-electron chi connectivity index (χ3n) is 2.15. The first kappa shape index (κ1) is 14.8. The molecule has 1 amide bonds. The van der Waals surface area contributed by atoms with Crippen molar-refractivity contribution in [2.24, 2.45) is 0 Å². The van der Waals surface area contributed by atoms with E-state index in [1.54, 1.807) is 30.3 Å². The summed E-state index contributed by atoms with van der Waals surface area (Å²) in [7, 11) is 0. The lowest BCUT2D eigenvalue weighted by Crippen LogP contribution is -2.14. The third kappa shape index (κ3) is 6.26. The van der Waals surface area contributed by atoms with Crippen LogP contribution < -0.4 is 10.1 Å². The van der Waals surface area contributed by atoms with Crippen LogP contribution in [0.2, 0.25) is 0 Å². The standard InChI is InChI=1S/C14H17NO4/c1-3-4-5-10-18-14(17)15-12-6-8-13(9-7-12)19-11(2)16/h3,6-9H,1,4-5,10H2,2H3,(H,15,17). The first-order valence-corrected chi connectivity index (χ1v) is 5.95. The Bertz CT molecular complexity index is 439. The van der Waals surface area contributed by atoms with Crippen LogP contribution in [0.4, 0.5) is 10.5 Å². The van der Waals surface area contributed by atoms with Crippen LogP contribution in [0.3, 0.4) is 0 Å². The van der Waals surface area contributed by atoms with Gasteiger partial charge in [0.25, 0.3) is 0 Å². The van der Waals surface area contributed by atoms with E-state index in [1.807, 2.05) is 0 Å². The van der Waals surface area contributed by atoms with Gasteiger partial charge in [0.1, 0.15) is 5.75 Å². The fraction of sp³-hybridized carbons (Fsp3) is 0.286. The molecule has 5 nitrogen and oxygen atoms in total. The Morgan fingerprint density at radius 3 is 2.58 bits per heavy atom. The lowest BCUT2D eigenvalue weighted by molar-refractivity contribution is -0.131. The molecule has 1 N–H and O–H groups in total. The van der Waals surface area contributed by atoms with Gasteiger partial charge in [-0.3, -0.25) is 10.1 Å². The second-order valence-electron chi connectivity index (χ2n) is 3.81. The minimum Gasteiger partial charge on any atom is -0.449 e. The summed E-state index contributed by atoms with van der Waals surface area (Å²) in [4.78, 5) is 22.1. The fourth-order valence-corrected chi connectivity index (χ4v) is 1.32. The summed E-state index contributed by atoms with van der Waals surface area (Å²) >= 11 is 0. The summed E-state index contributed by atoms with van der Waals surface area (Å²) in [6.45, 7) is 5.26. The molecule has 0 spiro atoms. The molecule has 102 valence electrons. The minimum absolute atomic E-state index is 0.351. The number of unbranched alkanes of at least 4 members (excludes halogenated alkanes) is 1. The predicted octanol–water partition coefficient (Wildman–Crippen LogP) is 3.13. The van der Waals surface area contributed by atoms with Crippen LogP contribution in [0.5, 0.6) is 5.75 Å². The first-order valence-electron chi connectivity index (χ1n) is 5.95. The lowest BCUT2D eigenvalue weighted by Gasteiger charge is -2.07. The second-order valence-corrected chi connectivity index (χ2v) is 3.81. The van der Waals surface area contributed by atoms with Crippen molar-refractivity contribution in [3.63, 3.8) is 0 Å². The Morgan fingerprint density at radius 1 is 1.32 bits per heavy atom. The fourth-order valence-electron chi connectivity index (χ4n) is 1.32. The molecule has 19 heavy (non-hydrogen) atoms. The highest BCUT2D eigenvalue weighted by Crippen LogP contribution is 2.15. The van der Waals surface area contributed by atoms with Crippen LogP contribution in [0, 0.1) is 0 Å². The number of anilines is 1. The normalized spacial score (nSPS) is 9.53. The summed E-state index contributed by atoms with van der Waals surface area (Å²) < 4.78 is 9.83. The molecule has 0 saturated carbocycles. The number of rotatable bonds is 6. The van der Waals surface area contributed by atoms with Crippen molar-refractivity contribution in [1.82, 2.24) is 0 Å². The summed E-state index contributed by atoms with van der Waals surface area (Å²) in [5, 5.41) is 2.57. The zero-order valence-electron chi connectivity index (χ0n) is 10.8. The van der Waals surface area contributed by atoms with Crippen molar-refractivity contribution in [3.8, 4) is 5.75 Å². The Hall–Kier alpha value is -2.30. The molecule has 1 rings (SSSR count). The van der Waals surface area contributed by atoms with E-state index in [0.29, 0.717) is 18.0 Å². The maximum absolute atomic E-state index is 11.4. The number of allylic oxidation sites excluding steroid dienone is 1. The van der Waals surface area contributed by atoms with Crippen molar-refractivity contribution in [3.05, 3.63) is 36.9 Å². The van der Waals surface area contributed by atoms with Crippen molar-refractivity contribution < 1.29 is 19.1 Å². The van der Waals surface area contributed by atoms with Gasteiger partial charge in [0, 0.05) is 12.6 Å². The molecule has 0 radical (unpaired) electrons.